The van der Waals surface area contributed by atoms with Crippen LogP contribution in [-0.2, 0) is 0 Å². The van der Waals surface area contributed by atoms with Crippen LogP contribution in [0.1, 0.15) is 22.3 Å². The van der Waals surface area contributed by atoms with Crippen LogP contribution < -0.4 is 5.46 Å². The second-order valence-electron chi connectivity index (χ2n) is 6.83. The van der Waals surface area contributed by atoms with Crippen molar-refractivity contribution in [3.8, 4) is 11.1 Å². The lowest BCUT2D eigenvalue weighted by molar-refractivity contribution is 1.54. The molecule has 0 aliphatic heterocycles. The fraction of sp³-hybridized carbons (Fsp3) is 0. The van der Waals surface area contributed by atoms with Gasteiger partial charge in [0.15, 0.2) is 0 Å². The fourth-order valence-electron chi connectivity index (χ4n) is 4.02. The maximum Gasteiger partial charge on any atom is 0.113 e. The second-order valence-corrected chi connectivity index (χ2v) is 6.83. The number of hydrogen-bond donors (Lipinski definition) is 0. The molecule has 0 spiro atoms. The molecule has 0 unspecified atom stereocenters. The standard InChI is InChI=1S/C26H17B/c27-20-15-16-22-21-13-7-8-14-23(21)26(24(22)17-20)25(18-9-3-1-4-10-18)19-11-5-2-6-12-19/h1-17H. The van der Waals surface area contributed by atoms with E-state index in [1.165, 1.54) is 44.5 Å². The summed E-state index contributed by atoms with van der Waals surface area (Å²) in [4.78, 5) is 0. The summed E-state index contributed by atoms with van der Waals surface area (Å²) in [6.07, 6.45) is 0. The Balaban J connectivity index is 1.94. The van der Waals surface area contributed by atoms with E-state index in [9.17, 15) is 0 Å². The normalized spacial score (nSPS) is 11.8. The lowest BCUT2D eigenvalue weighted by Crippen LogP contribution is -2.03. The lowest BCUT2D eigenvalue weighted by Gasteiger charge is -2.15. The van der Waals surface area contributed by atoms with E-state index in [1.807, 2.05) is 6.07 Å². The van der Waals surface area contributed by atoms with E-state index < -0.39 is 0 Å². The molecule has 1 aliphatic rings. The van der Waals surface area contributed by atoms with Crippen molar-refractivity contribution >= 4 is 24.5 Å². The van der Waals surface area contributed by atoms with Crippen molar-refractivity contribution in [2.45, 2.75) is 0 Å². The molecule has 0 fully saturated rings. The number of fused-ring (bicyclic) bond motifs is 3. The second kappa shape index (κ2) is 6.44. The smallest absolute Gasteiger partial charge is 0.0960 e. The molecule has 27 heavy (non-hydrogen) atoms. The maximum atomic E-state index is 6.18. The van der Waals surface area contributed by atoms with Crippen molar-refractivity contribution in [1.82, 2.24) is 0 Å². The van der Waals surface area contributed by atoms with Crippen molar-refractivity contribution < 1.29 is 0 Å². The Labute approximate surface area is 161 Å². The van der Waals surface area contributed by atoms with Gasteiger partial charge in [0.2, 0.25) is 0 Å². The van der Waals surface area contributed by atoms with E-state index in [4.69, 9.17) is 7.85 Å². The molecular formula is C26H17B. The first-order valence-corrected chi connectivity index (χ1v) is 9.18. The zero-order chi connectivity index (χ0) is 18.2. The summed E-state index contributed by atoms with van der Waals surface area (Å²) >= 11 is 0. The minimum atomic E-state index is 0.791. The van der Waals surface area contributed by atoms with Gasteiger partial charge in [-0.3, -0.25) is 0 Å². The van der Waals surface area contributed by atoms with Crippen LogP contribution in [0.3, 0.4) is 0 Å². The van der Waals surface area contributed by atoms with Gasteiger partial charge in [-0.05, 0) is 44.5 Å². The van der Waals surface area contributed by atoms with Gasteiger partial charge in [-0.25, -0.2) is 0 Å². The molecule has 0 aromatic heterocycles. The predicted molar refractivity (Wildman–Crippen MR) is 115 cm³/mol. The molecule has 0 saturated carbocycles. The Morgan fingerprint density at radius 1 is 0.481 bits per heavy atom. The van der Waals surface area contributed by atoms with Gasteiger partial charge in [-0.15, -0.1) is 0 Å². The molecular weight excluding hydrogens is 323 g/mol. The topological polar surface area (TPSA) is 0 Å². The number of benzene rings is 4. The molecule has 4 aromatic rings. The van der Waals surface area contributed by atoms with Crippen LogP contribution in [0.25, 0.3) is 22.3 Å². The Morgan fingerprint density at radius 3 is 1.63 bits per heavy atom. The summed E-state index contributed by atoms with van der Waals surface area (Å²) in [5.74, 6) is 0. The van der Waals surface area contributed by atoms with Crippen LogP contribution in [0.4, 0.5) is 0 Å². The summed E-state index contributed by atoms with van der Waals surface area (Å²) in [6, 6.07) is 36.1. The van der Waals surface area contributed by atoms with Crippen LogP contribution >= 0.6 is 0 Å². The summed E-state index contributed by atoms with van der Waals surface area (Å²) in [7, 11) is 6.18. The fourth-order valence-corrected chi connectivity index (χ4v) is 4.02. The van der Waals surface area contributed by atoms with Crippen LogP contribution in [0.15, 0.2) is 103 Å². The largest absolute Gasteiger partial charge is 0.113 e. The van der Waals surface area contributed by atoms with Gasteiger partial charge in [0.05, 0.1) is 0 Å². The first kappa shape index (κ1) is 15.9. The molecule has 4 aromatic carbocycles. The van der Waals surface area contributed by atoms with Crippen molar-refractivity contribution in [1.29, 1.82) is 0 Å². The molecule has 2 radical (unpaired) electrons. The van der Waals surface area contributed by atoms with Crippen LogP contribution in [-0.4, -0.2) is 7.85 Å². The van der Waals surface area contributed by atoms with Gasteiger partial charge >= 0.3 is 0 Å². The van der Waals surface area contributed by atoms with Gasteiger partial charge in [0, 0.05) is 0 Å². The zero-order valence-electron chi connectivity index (χ0n) is 14.9. The average Bonchev–Trinajstić information content (AvgIpc) is 3.04. The summed E-state index contributed by atoms with van der Waals surface area (Å²) in [5.41, 5.74) is 10.7. The summed E-state index contributed by atoms with van der Waals surface area (Å²) < 4.78 is 0. The SMILES string of the molecule is [B]c1ccc2c(c1)C(=C(c1ccccc1)c1ccccc1)c1ccccc1-2. The molecule has 0 saturated heterocycles. The molecule has 5 rings (SSSR count). The van der Waals surface area contributed by atoms with Crippen LogP contribution in [0.2, 0.25) is 0 Å². The van der Waals surface area contributed by atoms with E-state index in [0.717, 1.165) is 5.46 Å². The van der Waals surface area contributed by atoms with Gasteiger partial charge in [-0.2, -0.15) is 0 Å². The molecule has 0 amide bonds. The predicted octanol–water partition coefficient (Wildman–Crippen LogP) is 5.47. The first-order chi connectivity index (χ1) is 13.3. The zero-order valence-corrected chi connectivity index (χ0v) is 14.9. The monoisotopic (exact) mass is 340 g/mol. The van der Waals surface area contributed by atoms with Crippen molar-refractivity contribution in [3.63, 3.8) is 0 Å². The highest BCUT2D eigenvalue weighted by molar-refractivity contribution is 6.33. The molecule has 0 nitrogen and oxygen atoms in total. The van der Waals surface area contributed by atoms with E-state index in [1.54, 1.807) is 0 Å². The van der Waals surface area contributed by atoms with Gasteiger partial charge in [0.1, 0.15) is 7.85 Å². The number of rotatable bonds is 2. The van der Waals surface area contributed by atoms with Gasteiger partial charge < -0.3 is 0 Å². The van der Waals surface area contributed by atoms with Crippen LogP contribution in [0, 0.1) is 0 Å². The molecule has 1 heteroatoms. The third-order valence-electron chi connectivity index (χ3n) is 5.17. The highest BCUT2D eigenvalue weighted by Crippen LogP contribution is 2.48. The molecule has 1 aliphatic carbocycles. The molecule has 124 valence electrons. The Hall–Kier alpha value is -3.32. The molecule has 0 N–H and O–H groups in total. The van der Waals surface area contributed by atoms with Crippen LogP contribution in [0.5, 0.6) is 0 Å². The quantitative estimate of drug-likeness (QED) is 0.374. The van der Waals surface area contributed by atoms with Crippen molar-refractivity contribution in [2.24, 2.45) is 0 Å². The number of hydrogen-bond acceptors (Lipinski definition) is 0. The lowest BCUT2D eigenvalue weighted by atomic mass is 9.86. The minimum Gasteiger partial charge on any atom is -0.0960 e. The van der Waals surface area contributed by atoms with E-state index in [-0.39, 0.29) is 0 Å². The van der Waals surface area contributed by atoms with E-state index >= 15 is 0 Å². The first-order valence-electron chi connectivity index (χ1n) is 9.18. The third kappa shape index (κ3) is 2.64. The minimum absolute atomic E-state index is 0.791. The van der Waals surface area contributed by atoms with Gasteiger partial charge in [0.25, 0.3) is 0 Å². The average molecular weight is 340 g/mol. The molecule has 0 heterocycles. The maximum absolute atomic E-state index is 6.18. The third-order valence-corrected chi connectivity index (χ3v) is 5.17. The Kier molecular flexibility index (Phi) is 3.80. The Bertz CT molecular complexity index is 1110. The molecule has 0 bridgehead atoms. The Morgan fingerprint density at radius 2 is 1.00 bits per heavy atom. The highest BCUT2D eigenvalue weighted by Gasteiger charge is 2.26. The van der Waals surface area contributed by atoms with E-state index in [2.05, 4.69) is 97.1 Å². The molecule has 0 atom stereocenters. The highest BCUT2D eigenvalue weighted by atomic mass is 14.3. The summed E-state index contributed by atoms with van der Waals surface area (Å²) in [5, 5.41) is 0. The van der Waals surface area contributed by atoms with Crippen molar-refractivity contribution in [2.75, 3.05) is 0 Å². The van der Waals surface area contributed by atoms with Crippen molar-refractivity contribution in [3.05, 3.63) is 125 Å². The van der Waals surface area contributed by atoms with Gasteiger partial charge in [-0.1, -0.05) is 109 Å². The summed E-state index contributed by atoms with van der Waals surface area (Å²) in [6.45, 7) is 0. The van der Waals surface area contributed by atoms with E-state index in [0.29, 0.717) is 0 Å².